The highest BCUT2D eigenvalue weighted by atomic mass is 79.9. The summed E-state index contributed by atoms with van der Waals surface area (Å²) in [5.74, 6) is 3.01. The van der Waals surface area contributed by atoms with Crippen LogP contribution in [0.5, 0.6) is 11.5 Å². The van der Waals surface area contributed by atoms with Gasteiger partial charge in [-0.1, -0.05) is 207 Å². The minimum absolute atomic E-state index is 0.0406. The van der Waals surface area contributed by atoms with Crippen LogP contribution < -0.4 is 20.9 Å². The van der Waals surface area contributed by atoms with Gasteiger partial charge in [-0.15, -0.1) is 0 Å². The fourth-order valence-corrected chi connectivity index (χ4v) is 20.2. The van der Waals surface area contributed by atoms with Gasteiger partial charge in [-0.25, -0.2) is 9.97 Å². The second-order valence-corrected chi connectivity index (χ2v) is 36.0. The maximum absolute atomic E-state index is 10.9. The molecule has 0 saturated heterocycles. The van der Waals surface area contributed by atoms with Crippen molar-refractivity contribution < 1.29 is 19.3 Å². The lowest BCUT2D eigenvalue weighted by atomic mass is 9.94. The maximum Gasteiger partial charge on any atom is 0.363 e. The summed E-state index contributed by atoms with van der Waals surface area (Å²) in [6.07, 6.45) is 42.8. The predicted molar refractivity (Wildman–Crippen MR) is 486 cm³/mol. The third-order valence-corrected chi connectivity index (χ3v) is 27.2. The molecule has 110 heavy (non-hydrogen) atoms. The lowest BCUT2D eigenvalue weighted by Crippen LogP contribution is -2.12. The molecule has 0 saturated carbocycles. The van der Waals surface area contributed by atoms with Gasteiger partial charge in [0.15, 0.2) is 0 Å². The molecule has 594 valence electrons. The van der Waals surface area contributed by atoms with Crippen molar-refractivity contribution in [3.8, 4) is 34.0 Å². The molecule has 2 atom stereocenters. The molecule has 0 fully saturated rings. The Morgan fingerprint density at radius 1 is 0.336 bits per heavy atom. The number of unbranched alkanes of at least 4 members (excludes halogenated alkanes) is 24. The predicted octanol–water partition coefficient (Wildman–Crippen LogP) is 29.7. The van der Waals surface area contributed by atoms with Crippen molar-refractivity contribution in [2.75, 3.05) is 24.7 Å². The molecule has 0 spiro atoms. The Hall–Kier alpha value is -4.22. The summed E-state index contributed by atoms with van der Waals surface area (Å²) in [4.78, 5) is 30.8. The van der Waals surface area contributed by atoms with Crippen LogP contribution in [-0.4, -0.2) is 68.0 Å². The van der Waals surface area contributed by atoms with Crippen LogP contribution >= 0.6 is 174 Å². The number of halogens is 8. The van der Waals surface area contributed by atoms with E-state index >= 15 is 0 Å². The largest absolute Gasteiger partial charge is 0.493 e. The van der Waals surface area contributed by atoms with Gasteiger partial charge in [0.05, 0.1) is 111 Å². The Kier molecular flexibility index (Phi) is 40.7. The molecule has 20 nitrogen and oxygen atoms in total. The fraction of sp³-hybridized carbons (Fsp3) is 0.513. The van der Waals surface area contributed by atoms with Crippen molar-refractivity contribution >= 4 is 252 Å². The van der Waals surface area contributed by atoms with Crippen LogP contribution in [0.1, 0.15) is 233 Å². The number of hydrogen-bond acceptors (Lipinski definition) is 22. The third kappa shape index (κ3) is 26.7. The molecule has 0 aliphatic carbocycles. The summed E-state index contributed by atoms with van der Waals surface area (Å²) in [5, 5.41) is 21.7. The Balaban J connectivity index is 0.000000291. The molecule has 0 aliphatic rings. The van der Waals surface area contributed by atoms with Gasteiger partial charge in [-0.3, -0.25) is 20.2 Å². The van der Waals surface area contributed by atoms with E-state index in [0.717, 1.165) is 133 Å². The molecular formula is C78H96Br8N14O6S4. The zero-order chi connectivity index (χ0) is 78.9. The minimum atomic E-state index is -0.828. The summed E-state index contributed by atoms with van der Waals surface area (Å²) in [7, 11) is 0. The van der Waals surface area contributed by atoms with Crippen molar-refractivity contribution in [1.82, 2.24) is 45.0 Å². The minimum Gasteiger partial charge on any atom is -0.493 e. The van der Waals surface area contributed by atoms with Crippen LogP contribution in [0.4, 0.5) is 22.7 Å². The number of fused-ring (bicyclic) bond motifs is 5. The van der Waals surface area contributed by atoms with Crippen LogP contribution in [0.3, 0.4) is 0 Å². The zero-order valence-electron chi connectivity index (χ0n) is 62.6. The number of ether oxygens (including phenoxy) is 2. The molecule has 0 aliphatic heterocycles. The number of aromatic nitrogens is 10. The molecule has 0 radical (unpaired) electrons. The first-order valence-corrected chi connectivity index (χ1v) is 47.5. The topological polar surface area (TPSA) is 286 Å². The fourth-order valence-electron chi connectivity index (χ4n) is 12.9. The Bertz CT molecular complexity index is 4410. The van der Waals surface area contributed by atoms with Crippen LogP contribution in [-0.2, 0) is 0 Å². The van der Waals surface area contributed by atoms with E-state index in [1.807, 2.05) is 12.1 Å². The first kappa shape index (κ1) is 91.3. The smallest absolute Gasteiger partial charge is 0.363 e. The van der Waals surface area contributed by atoms with E-state index < -0.39 is 21.2 Å². The van der Waals surface area contributed by atoms with E-state index in [9.17, 15) is 20.2 Å². The summed E-state index contributed by atoms with van der Waals surface area (Å²) in [5.41, 5.74) is 21.7. The molecule has 11 rings (SSSR count). The van der Waals surface area contributed by atoms with Crippen LogP contribution in [0, 0.1) is 32.1 Å². The van der Waals surface area contributed by atoms with Crippen LogP contribution in [0.15, 0.2) is 96.4 Å². The first-order chi connectivity index (χ1) is 53.3. The lowest BCUT2D eigenvalue weighted by molar-refractivity contribution is -0.423. The Morgan fingerprint density at radius 3 is 0.855 bits per heavy atom. The van der Waals surface area contributed by atoms with Gasteiger partial charge < -0.3 is 20.9 Å². The first-order valence-electron chi connectivity index (χ1n) is 38.2. The van der Waals surface area contributed by atoms with Gasteiger partial charge in [0, 0.05) is 20.1 Å². The molecule has 4 N–H and O–H groups in total. The van der Waals surface area contributed by atoms with Crippen molar-refractivity contribution in [3.05, 3.63) is 117 Å². The number of anilines is 2. The number of nitrogens with zero attached hydrogens (tertiary/aromatic N) is 12. The third-order valence-electron chi connectivity index (χ3n) is 19.2. The summed E-state index contributed by atoms with van der Waals surface area (Å²) in [6, 6.07) is 21.0. The quantitative estimate of drug-likeness (QED) is 0.0156. The molecular weight excluding hydrogens is 2000 g/mol. The van der Waals surface area contributed by atoms with Crippen molar-refractivity contribution in [1.29, 1.82) is 0 Å². The Morgan fingerprint density at radius 2 is 0.582 bits per heavy atom. The average molecular weight is 2090 g/mol. The monoisotopic (exact) mass is 2080 g/mol. The van der Waals surface area contributed by atoms with Gasteiger partial charge in [0.25, 0.3) is 0 Å². The number of benzene rings is 6. The highest BCUT2D eigenvalue weighted by molar-refractivity contribution is 9.12. The van der Waals surface area contributed by atoms with E-state index in [1.165, 1.54) is 229 Å². The van der Waals surface area contributed by atoms with Gasteiger partial charge in [0.2, 0.25) is 0 Å². The molecule has 0 bridgehead atoms. The lowest BCUT2D eigenvalue weighted by Gasteiger charge is -2.19. The molecule has 0 amide bonds. The second-order valence-electron chi connectivity index (χ2n) is 27.5. The normalized spacial score (nSPS) is 11.9. The van der Waals surface area contributed by atoms with E-state index in [-0.39, 0.29) is 20.0 Å². The Labute approximate surface area is 729 Å². The van der Waals surface area contributed by atoms with Crippen molar-refractivity contribution in [3.63, 3.8) is 0 Å². The molecule has 5 aromatic heterocycles. The van der Waals surface area contributed by atoms with Gasteiger partial charge in [-0.2, -0.15) is 35.0 Å². The van der Waals surface area contributed by atoms with E-state index in [1.54, 1.807) is 0 Å². The standard InChI is InChI=1S/C60H90Br2N4O2S.C6Br2N4O4S.C6H4Br2N4S.C6H2Br2N2S/c1-5-9-13-17-21-23-27-31-35-47(33-29-25-19-15-11-7-3)45-67-51-41-37-49(38-42-51)55-56(64-58-54(62)60-59(65-69-66-60)53(61)57(58)63-55)50-39-43-52(44-40-50)68-46-48(34-30-26-20-16-12-8-4)36-32-28-24-22-18-14-10-6-2;7-1-3-4(10-17-9-3)2(8)6(12(15)16)5(1)11(13)14;7-1-3(9)4(10)2(8)6-5(1)11-13-12-6;7-3-1-2-4(8)6-5(3)9-11-10-6/h37-44,47-48H,5-36,45-46H2,1-4H3;;9-10H2;1-2H. The van der Waals surface area contributed by atoms with Gasteiger partial charge in [-0.05, 0) is 226 Å². The summed E-state index contributed by atoms with van der Waals surface area (Å²) < 4.78 is 51.5. The number of nitro groups is 2. The van der Waals surface area contributed by atoms with Crippen LogP contribution in [0.25, 0.3) is 77.7 Å². The molecule has 6 aromatic carbocycles. The maximum atomic E-state index is 10.9. The average Bonchev–Trinajstić information content (AvgIpc) is 1.12. The number of nitrogens with two attached hydrogens (primary N) is 2. The van der Waals surface area contributed by atoms with E-state index in [4.69, 9.17) is 30.9 Å². The van der Waals surface area contributed by atoms with E-state index in [0.29, 0.717) is 32.2 Å². The number of rotatable bonds is 42. The number of nitro benzene ring substituents is 2. The van der Waals surface area contributed by atoms with Crippen molar-refractivity contribution in [2.24, 2.45) is 11.8 Å². The van der Waals surface area contributed by atoms with Gasteiger partial charge in [0.1, 0.15) is 75.6 Å². The zero-order valence-corrected chi connectivity index (χ0v) is 78.6. The number of nitrogen functional groups attached to an aromatic ring is 2. The molecule has 5 heterocycles. The molecule has 11 aromatic rings. The molecule has 32 heteroatoms. The highest BCUT2D eigenvalue weighted by Crippen LogP contribution is 2.47. The van der Waals surface area contributed by atoms with Gasteiger partial charge >= 0.3 is 11.4 Å². The summed E-state index contributed by atoms with van der Waals surface area (Å²) >= 11 is 31.4. The van der Waals surface area contributed by atoms with E-state index in [2.05, 4.69) is 239 Å². The SMILES string of the molecule is Brc1ccc(Br)c2nsnc12.CCCCCCCCCCC(CCCCCCCC)COc1ccc(-c2nc3c(Br)c4nsnc4c(Br)c3nc2-c2ccc(OCC(CCCCCCCC)CCCCCCCCCC)cc2)cc1.Nc1c(N)c(Br)c2nsnc2c1Br.O=[N+]([O-])c1c([N+](=O)[O-])c(Br)c2nsnc2c1Br. The van der Waals surface area contributed by atoms with Crippen LogP contribution in [0.2, 0.25) is 0 Å². The summed E-state index contributed by atoms with van der Waals surface area (Å²) in [6.45, 7) is 10.7. The number of hydrogen-bond donors (Lipinski definition) is 2. The highest BCUT2D eigenvalue weighted by Gasteiger charge is 2.36. The molecule has 2 unspecified atom stereocenters. The van der Waals surface area contributed by atoms with Crippen molar-refractivity contribution in [2.45, 2.75) is 233 Å². The second kappa shape index (κ2) is 49.0.